The lowest BCUT2D eigenvalue weighted by Gasteiger charge is -2.30. The fourth-order valence-electron chi connectivity index (χ4n) is 1.42. The molecule has 0 atom stereocenters. The van der Waals surface area contributed by atoms with E-state index in [1.807, 2.05) is 11.8 Å². The van der Waals surface area contributed by atoms with Crippen molar-refractivity contribution in [1.29, 1.82) is 5.26 Å². The first-order chi connectivity index (χ1) is 5.83. The van der Waals surface area contributed by atoms with Gasteiger partial charge in [-0.15, -0.1) is 11.8 Å². The minimum Gasteiger partial charge on any atom is -0.317 e. The van der Waals surface area contributed by atoms with E-state index >= 15 is 0 Å². The average molecular weight is 184 g/mol. The van der Waals surface area contributed by atoms with Gasteiger partial charge in [0, 0.05) is 0 Å². The summed E-state index contributed by atoms with van der Waals surface area (Å²) in [5, 5.41) is 12.4. The Morgan fingerprint density at radius 1 is 1.50 bits per heavy atom. The lowest BCUT2D eigenvalue weighted by Crippen LogP contribution is -2.38. The van der Waals surface area contributed by atoms with Crippen LogP contribution >= 0.6 is 11.8 Å². The Bertz CT molecular complexity index is 168. The maximum absolute atomic E-state index is 9.07. The van der Waals surface area contributed by atoms with Gasteiger partial charge in [-0.2, -0.15) is 5.26 Å². The van der Waals surface area contributed by atoms with Crippen LogP contribution in [0, 0.1) is 11.3 Å². The molecule has 3 heteroatoms. The Hall–Kier alpha value is -0.200. The van der Waals surface area contributed by atoms with Crippen LogP contribution in [-0.2, 0) is 0 Å². The molecule has 1 aliphatic rings. The first-order valence-electron chi connectivity index (χ1n) is 4.59. The summed E-state index contributed by atoms with van der Waals surface area (Å²) in [5.41, 5.74) is 0. The molecule has 0 radical (unpaired) electrons. The van der Waals surface area contributed by atoms with E-state index in [-0.39, 0.29) is 4.75 Å². The monoisotopic (exact) mass is 184 g/mol. The molecule has 1 aliphatic heterocycles. The number of nitrogens with one attached hydrogen (secondary N) is 1. The number of rotatable bonds is 3. The second-order valence-electron chi connectivity index (χ2n) is 3.20. The van der Waals surface area contributed by atoms with Gasteiger partial charge in [0.2, 0.25) is 0 Å². The van der Waals surface area contributed by atoms with Crippen molar-refractivity contribution in [2.75, 3.05) is 18.8 Å². The van der Waals surface area contributed by atoms with Crippen LogP contribution in [0.3, 0.4) is 0 Å². The minimum absolute atomic E-state index is 0.0682. The minimum atomic E-state index is -0.0682. The number of piperidine rings is 1. The smallest absolute Gasteiger partial charge is 0.105 e. The molecular formula is C9H16N2S. The number of nitriles is 1. The van der Waals surface area contributed by atoms with Crippen LogP contribution < -0.4 is 5.32 Å². The number of thioether (sulfide) groups is 1. The fourth-order valence-corrected chi connectivity index (χ4v) is 2.57. The van der Waals surface area contributed by atoms with Crippen LogP contribution in [0.2, 0.25) is 0 Å². The Balaban J connectivity index is 2.44. The third-order valence-electron chi connectivity index (χ3n) is 2.20. The molecule has 1 saturated heterocycles. The Labute approximate surface area is 78.7 Å². The van der Waals surface area contributed by atoms with Crippen LogP contribution in [0.25, 0.3) is 0 Å². The first kappa shape index (κ1) is 9.88. The van der Waals surface area contributed by atoms with E-state index in [9.17, 15) is 0 Å². The zero-order valence-electron chi connectivity index (χ0n) is 7.60. The summed E-state index contributed by atoms with van der Waals surface area (Å²) in [5.74, 6) is 1.12. The lowest BCUT2D eigenvalue weighted by atomic mass is 9.99. The lowest BCUT2D eigenvalue weighted by molar-refractivity contribution is 0.476. The zero-order valence-corrected chi connectivity index (χ0v) is 8.41. The van der Waals surface area contributed by atoms with Crippen LogP contribution in [0.15, 0.2) is 0 Å². The SMILES string of the molecule is CCCSC1(C#N)CCNCC1. The summed E-state index contributed by atoms with van der Waals surface area (Å²) >= 11 is 1.84. The summed E-state index contributed by atoms with van der Waals surface area (Å²) in [6.45, 7) is 4.17. The molecule has 0 bridgehead atoms. The maximum Gasteiger partial charge on any atom is 0.105 e. The van der Waals surface area contributed by atoms with Gasteiger partial charge in [-0.3, -0.25) is 0 Å². The highest BCUT2D eigenvalue weighted by atomic mass is 32.2. The van der Waals surface area contributed by atoms with Crippen molar-refractivity contribution in [2.45, 2.75) is 30.9 Å². The molecule has 1 rings (SSSR count). The van der Waals surface area contributed by atoms with Gasteiger partial charge < -0.3 is 5.32 Å². The van der Waals surface area contributed by atoms with E-state index in [0.29, 0.717) is 0 Å². The predicted octanol–water partition coefficient (Wildman–Crippen LogP) is 1.78. The summed E-state index contributed by atoms with van der Waals surface area (Å²) in [4.78, 5) is 0. The molecule has 0 aromatic carbocycles. The van der Waals surface area contributed by atoms with E-state index in [4.69, 9.17) is 5.26 Å². The van der Waals surface area contributed by atoms with Gasteiger partial charge >= 0.3 is 0 Å². The molecule has 68 valence electrons. The second kappa shape index (κ2) is 4.74. The molecule has 0 aromatic rings. The first-order valence-corrected chi connectivity index (χ1v) is 5.57. The third-order valence-corrected chi connectivity index (χ3v) is 3.86. The molecule has 1 N–H and O–H groups in total. The largest absolute Gasteiger partial charge is 0.317 e. The van der Waals surface area contributed by atoms with Gasteiger partial charge in [0.1, 0.15) is 4.75 Å². The topological polar surface area (TPSA) is 35.8 Å². The van der Waals surface area contributed by atoms with Gasteiger partial charge in [-0.25, -0.2) is 0 Å². The quantitative estimate of drug-likeness (QED) is 0.726. The molecule has 0 amide bonds. The van der Waals surface area contributed by atoms with Crippen molar-refractivity contribution in [3.63, 3.8) is 0 Å². The highest BCUT2D eigenvalue weighted by Crippen LogP contribution is 2.33. The molecule has 0 spiro atoms. The number of hydrogen-bond donors (Lipinski definition) is 1. The zero-order chi connectivity index (χ0) is 8.86. The molecule has 0 saturated carbocycles. The van der Waals surface area contributed by atoms with Gasteiger partial charge in [-0.1, -0.05) is 6.92 Å². The standard InChI is InChI=1S/C9H16N2S/c1-2-7-12-9(8-10)3-5-11-6-4-9/h11H,2-7H2,1H3. The number of nitrogens with zero attached hydrogens (tertiary/aromatic N) is 1. The molecule has 12 heavy (non-hydrogen) atoms. The van der Waals surface area contributed by atoms with Crippen LogP contribution in [0.1, 0.15) is 26.2 Å². The van der Waals surface area contributed by atoms with E-state index in [0.717, 1.165) is 31.7 Å². The average Bonchev–Trinajstić information content (AvgIpc) is 2.16. The van der Waals surface area contributed by atoms with Crippen molar-refractivity contribution < 1.29 is 0 Å². The van der Waals surface area contributed by atoms with Crippen LogP contribution in [0.5, 0.6) is 0 Å². The van der Waals surface area contributed by atoms with E-state index in [1.54, 1.807) is 0 Å². The van der Waals surface area contributed by atoms with Crippen molar-refractivity contribution in [1.82, 2.24) is 5.32 Å². The van der Waals surface area contributed by atoms with Gasteiger partial charge in [-0.05, 0) is 38.1 Å². The molecular weight excluding hydrogens is 168 g/mol. The van der Waals surface area contributed by atoms with Crippen LogP contribution in [-0.4, -0.2) is 23.6 Å². The van der Waals surface area contributed by atoms with Gasteiger partial charge in [0.15, 0.2) is 0 Å². The Morgan fingerprint density at radius 2 is 2.17 bits per heavy atom. The van der Waals surface area contributed by atoms with Crippen molar-refractivity contribution in [3.8, 4) is 6.07 Å². The van der Waals surface area contributed by atoms with E-state index in [2.05, 4.69) is 18.3 Å². The summed E-state index contributed by atoms with van der Waals surface area (Å²) in [6, 6.07) is 2.48. The van der Waals surface area contributed by atoms with Crippen molar-refractivity contribution in [3.05, 3.63) is 0 Å². The highest BCUT2D eigenvalue weighted by molar-refractivity contribution is 8.00. The Kier molecular flexibility index (Phi) is 3.90. The maximum atomic E-state index is 9.07. The summed E-state index contributed by atoms with van der Waals surface area (Å²) in [6.07, 6.45) is 3.18. The molecule has 0 aromatic heterocycles. The normalized spacial score (nSPS) is 21.7. The summed E-state index contributed by atoms with van der Waals surface area (Å²) in [7, 11) is 0. The molecule has 0 aliphatic carbocycles. The van der Waals surface area contributed by atoms with Gasteiger partial charge in [0.25, 0.3) is 0 Å². The van der Waals surface area contributed by atoms with Crippen molar-refractivity contribution in [2.24, 2.45) is 0 Å². The highest BCUT2D eigenvalue weighted by Gasteiger charge is 2.31. The van der Waals surface area contributed by atoms with Gasteiger partial charge in [0.05, 0.1) is 6.07 Å². The molecule has 2 nitrogen and oxygen atoms in total. The fraction of sp³-hybridized carbons (Fsp3) is 0.889. The van der Waals surface area contributed by atoms with Crippen molar-refractivity contribution >= 4 is 11.8 Å². The molecule has 1 heterocycles. The number of hydrogen-bond acceptors (Lipinski definition) is 3. The van der Waals surface area contributed by atoms with Crippen LogP contribution in [0.4, 0.5) is 0 Å². The predicted molar refractivity (Wildman–Crippen MR) is 53.2 cm³/mol. The molecule has 0 unspecified atom stereocenters. The molecule has 1 fully saturated rings. The summed E-state index contributed by atoms with van der Waals surface area (Å²) < 4.78 is -0.0682. The second-order valence-corrected chi connectivity index (χ2v) is 4.68. The van der Waals surface area contributed by atoms with E-state index < -0.39 is 0 Å². The van der Waals surface area contributed by atoms with E-state index in [1.165, 1.54) is 6.42 Å². The third kappa shape index (κ3) is 2.40. The Morgan fingerprint density at radius 3 is 2.67 bits per heavy atom.